The van der Waals surface area contributed by atoms with Gasteiger partial charge in [0.2, 0.25) is 10.0 Å². The lowest BCUT2D eigenvalue weighted by molar-refractivity contribution is 0.463. The van der Waals surface area contributed by atoms with Crippen molar-refractivity contribution in [1.29, 1.82) is 0 Å². The van der Waals surface area contributed by atoms with Crippen LogP contribution in [0.1, 0.15) is 51.4 Å². The second kappa shape index (κ2) is 5.02. The van der Waals surface area contributed by atoms with Crippen LogP contribution in [0.3, 0.4) is 0 Å². The van der Waals surface area contributed by atoms with Crippen LogP contribution in [0.5, 0.6) is 0 Å². The van der Waals surface area contributed by atoms with Crippen LogP contribution < -0.4 is 10.5 Å². The smallest absolute Gasteiger partial charge is 0.214 e. The van der Waals surface area contributed by atoms with Gasteiger partial charge >= 0.3 is 0 Å². The standard InChI is InChI=1S/C11H22N2O2S/c12-10-7-4-8-11(10)13-16(14,15)9-5-2-1-3-6-9/h9-11,13H,1-8,12H2. The van der Waals surface area contributed by atoms with Gasteiger partial charge in [-0.1, -0.05) is 25.7 Å². The van der Waals surface area contributed by atoms with E-state index in [0.717, 1.165) is 44.9 Å². The molecule has 0 radical (unpaired) electrons. The van der Waals surface area contributed by atoms with E-state index in [4.69, 9.17) is 5.73 Å². The van der Waals surface area contributed by atoms with Gasteiger partial charge in [-0.2, -0.15) is 0 Å². The molecule has 5 heteroatoms. The fraction of sp³-hybridized carbons (Fsp3) is 1.00. The van der Waals surface area contributed by atoms with Crippen LogP contribution in [0.4, 0.5) is 0 Å². The molecule has 3 N–H and O–H groups in total. The molecule has 4 nitrogen and oxygen atoms in total. The summed E-state index contributed by atoms with van der Waals surface area (Å²) in [5.41, 5.74) is 5.89. The highest BCUT2D eigenvalue weighted by molar-refractivity contribution is 7.90. The number of nitrogens with two attached hydrogens (primary N) is 1. The van der Waals surface area contributed by atoms with E-state index in [1.165, 1.54) is 6.42 Å². The minimum atomic E-state index is -3.13. The highest BCUT2D eigenvalue weighted by atomic mass is 32.2. The zero-order valence-corrected chi connectivity index (χ0v) is 10.5. The van der Waals surface area contributed by atoms with Gasteiger partial charge < -0.3 is 5.73 Å². The molecule has 0 amide bonds. The molecule has 0 heterocycles. The summed E-state index contributed by atoms with van der Waals surface area (Å²) >= 11 is 0. The number of hydrogen-bond donors (Lipinski definition) is 2. The Morgan fingerprint density at radius 3 is 2.19 bits per heavy atom. The van der Waals surface area contributed by atoms with E-state index in [-0.39, 0.29) is 17.3 Å². The van der Waals surface area contributed by atoms with Crippen molar-refractivity contribution in [3.05, 3.63) is 0 Å². The predicted octanol–water partition coefficient (Wildman–Crippen LogP) is 1.12. The van der Waals surface area contributed by atoms with Crippen LogP contribution in [-0.2, 0) is 10.0 Å². The van der Waals surface area contributed by atoms with E-state index >= 15 is 0 Å². The third-order valence-electron chi connectivity index (χ3n) is 3.88. The molecule has 0 aromatic carbocycles. The summed E-state index contributed by atoms with van der Waals surface area (Å²) in [5.74, 6) is 0. The largest absolute Gasteiger partial charge is 0.326 e. The Morgan fingerprint density at radius 1 is 0.938 bits per heavy atom. The molecule has 16 heavy (non-hydrogen) atoms. The minimum absolute atomic E-state index is 0.0124. The van der Waals surface area contributed by atoms with Crippen LogP contribution in [0, 0.1) is 0 Å². The SMILES string of the molecule is NC1CCCC1NS(=O)(=O)C1CCCCC1. The van der Waals surface area contributed by atoms with Crippen molar-refractivity contribution < 1.29 is 8.42 Å². The second-order valence-electron chi connectivity index (χ2n) is 5.12. The van der Waals surface area contributed by atoms with E-state index in [9.17, 15) is 8.42 Å². The van der Waals surface area contributed by atoms with Gasteiger partial charge in [-0.15, -0.1) is 0 Å². The van der Waals surface area contributed by atoms with E-state index in [0.29, 0.717) is 0 Å². The summed E-state index contributed by atoms with van der Waals surface area (Å²) in [6.45, 7) is 0. The van der Waals surface area contributed by atoms with E-state index < -0.39 is 10.0 Å². The lowest BCUT2D eigenvalue weighted by atomic mass is 10.0. The Bertz CT molecular complexity index is 323. The van der Waals surface area contributed by atoms with Gasteiger partial charge in [-0.3, -0.25) is 0 Å². The molecule has 0 aliphatic heterocycles. The average Bonchev–Trinajstić information content (AvgIpc) is 2.65. The van der Waals surface area contributed by atoms with Crippen molar-refractivity contribution in [2.45, 2.75) is 68.7 Å². The molecule has 2 aliphatic rings. The summed E-state index contributed by atoms with van der Waals surface area (Å²) in [4.78, 5) is 0. The van der Waals surface area contributed by atoms with Crippen LogP contribution in [0.15, 0.2) is 0 Å². The zero-order valence-electron chi connectivity index (χ0n) is 9.69. The first kappa shape index (κ1) is 12.3. The van der Waals surface area contributed by atoms with Gasteiger partial charge in [0, 0.05) is 12.1 Å². The maximum atomic E-state index is 12.1. The molecule has 2 rings (SSSR count). The van der Waals surface area contributed by atoms with Gasteiger partial charge in [0.05, 0.1) is 5.25 Å². The molecule has 0 saturated heterocycles. The second-order valence-corrected chi connectivity index (χ2v) is 7.12. The first-order valence-electron chi connectivity index (χ1n) is 6.36. The maximum Gasteiger partial charge on any atom is 0.214 e. The predicted molar refractivity (Wildman–Crippen MR) is 64.5 cm³/mol. The Kier molecular flexibility index (Phi) is 3.87. The van der Waals surface area contributed by atoms with Gasteiger partial charge in [-0.25, -0.2) is 13.1 Å². The highest BCUT2D eigenvalue weighted by Gasteiger charge is 2.33. The lowest BCUT2D eigenvalue weighted by Gasteiger charge is -2.25. The Balaban J connectivity index is 1.96. The molecular weight excluding hydrogens is 224 g/mol. The first-order valence-corrected chi connectivity index (χ1v) is 7.91. The van der Waals surface area contributed by atoms with Crippen LogP contribution >= 0.6 is 0 Å². The van der Waals surface area contributed by atoms with Crippen molar-refractivity contribution in [3.63, 3.8) is 0 Å². The van der Waals surface area contributed by atoms with Gasteiger partial charge in [-0.05, 0) is 25.7 Å². The Labute approximate surface area is 98.0 Å². The normalized spacial score (nSPS) is 33.1. The van der Waals surface area contributed by atoms with Crippen LogP contribution in [0.25, 0.3) is 0 Å². The van der Waals surface area contributed by atoms with E-state index in [1.54, 1.807) is 0 Å². The number of nitrogens with one attached hydrogen (secondary N) is 1. The van der Waals surface area contributed by atoms with Crippen molar-refractivity contribution >= 4 is 10.0 Å². The summed E-state index contributed by atoms with van der Waals surface area (Å²) in [7, 11) is -3.13. The molecule has 0 bridgehead atoms. The fourth-order valence-electron chi connectivity index (χ4n) is 2.82. The van der Waals surface area contributed by atoms with Crippen molar-refractivity contribution in [1.82, 2.24) is 4.72 Å². The molecule has 2 saturated carbocycles. The Hall–Kier alpha value is -0.130. The van der Waals surface area contributed by atoms with Gasteiger partial charge in [0.1, 0.15) is 0 Å². The van der Waals surface area contributed by atoms with Crippen molar-refractivity contribution in [2.24, 2.45) is 5.73 Å². The highest BCUT2D eigenvalue weighted by Crippen LogP contribution is 2.25. The monoisotopic (exact) mass is 246 g/mol. The minimum Gasteiger partial charge on any atom is -0.326 e. The molecule has 2 fully saturated rings. The first-order chi connectivity index (χ1) is 7.59. The number of rotatable bonds is 3. The maximum absolute atomic E-state index is 12.1. The van der Waals surface area contributed by atoms with Crippen molar-refractivity contribution in [3.8, 4) is 0 Å². The quantitative estimate of drug-likeness (QED) is 0.784. The van der Waals surface area contributed by atoms with E-state index in [1.807, 2.05) is 0 Å². The fourth-order valence-corrected chi connectivity index (χ4v) is 4.68. The molecule has 0 aromatic rings. The Morgan fingerprint density at radius 2 is 1.62 bits per heavy atom. The molecule has 0 aromatic heterocycles. The van der Waals surface area contributed by atoms with Crippen LogP contribution in [0.2, 0.25) is 0 Å². The van der Waals surface area contributed by atoms with Gasteiger partial charge in [0.15, 0.2) is 0 Å². The number of sulfonamides is 1. The molecule has 0 spiro atoms. The average molecular weight is 246 g/mol. The molecular formula is C11H22N2O2S. The summed E-state index contributed by atoms with van der Waals surface area (Å²) in [6.07, 6.45) is 7.78. The lowest BCUT2D eigenvalue weighted by Crippen LogP contribution is -2.47. The molecule has 2 atom stereocenters. The summed E-state index contributed by atoms with van der Waals surface area (Å²) in [6, 6.07) is -0.00899. The summed E-state index contributed by atoms with van der Waals surface area (Å²) < 4.78 is 27.1. The molecule has 2 unspecified atom stereocenters. The third kappa shape index (κ3) is 2.76. The molecule has 94 valence electrons. The van der Waals surface area contributed by atoms with E-state index in [2.05, 4.69) is 4.72 Å². The van der Waals surface area contributed by atoms with Gasteiger partial charge in [0.25, 0.3) is 0 Å². The topological polar surface area (TPSA) is 72.2 Å². The zero-order chi connectivity index (χ0) is 11.6. The third-order valence-corrected chi connectivity index (χ3v) is 5.86. The number of hydrogen-bond acceptors (Lipinski definition) is 3. The van der Waals surface area contributed by atoms with Crippen molar-refractivity contribution in [2.75, 3.05) is 0 Å². The summed E-state index contributed by atoms with van der Waals surface area (Å²) in [5, 5.41) is -0.172. The van der Waals surface area contributed by atoms with Crippen LogP contribution in [-0.4, -0.2) is 25.8 Å². The molecule has 2 aliphatic carbocycles.